The number of nitrogens with one attached hydrogen (secondary N) is 1. The summed E-state index contributed by atoms with van der Waals surface area (Å²) in [6.45, 7) is 3.27. The first kappa shape index (κ1) is 14.4. The van der Waals surface area contributed by atoms with Gasteiger partial charge in [0.05, 0.1) is 5.56 Å². The van der Waals surface area contributed by atoms with Crippen LogP contribution >= 0.6 is 0 Å². The summed E-state index contributed by atoms with van der Waals surface area (Å²) < 4.78 is 27.1. The van der Waals surface area contributed by atoms with Crippen LogP contribution in [0, 0.1) is 17.6 Å². The Morgan fingerprint density at radius 3 is 2.22 bits per heavy atom. The van der Waals surface area contributed by atoms with Gasteiger partial charge in [-0.3, -0.25) is 0 Å². The molecule has 0 saturated heterocycles. The Hall–Kier alpha value is -1.69. The quantitative estimate of drug-likeness (QED) is 0.757. The molecule has 0 radical (unpaired) electrons. The maximum atomic E-state index is 13.6. The zero-order valence-electron chi connectivity index (χ0n) is 10.1. The molecule has 1 rings (SSSR count). The van der Waals surface area contributed by atoms with E-state index in [1.807, 2.05) is 0 Å². The number of hydrogen-bond acceptors (Lipinski definition) is 3. The van der Waals surface area contributed by atoms with Crippen molar-refractivity contribution in [2.75, 3.05) is 11.9 Å². The highest BCUT2D eigenvalue weighted by atomic mass is 19.1. The molecule has 0 aromatic heterocycles. The lowest BCUT2D eigenvalue weighted by Crippen LogP contribution is -2.27. The molecular weight excluding hydrogens is 244 g/mol. The van der Waals surface area contributed by atoms with Gasteiger partial charge in [0.1, 0.15) is 17.3 Å². The van der Waals surface area contributed by atoms with Crippen LogP contribution in [0.25, 0.3) is 0 Å². The summed E-state index contributed by atoms with van der Waals surface area (Å²) in [5.74, 6) is -3.52. The first-order valence-electron chi connectivity index (χ1n) is 5.46. The molecule has 0 aliphatic rings. The monoisotopic (exact) mass is 259 g/mol. The molecule has 0 spiro atoms. The number of aliphatic hydroxyl groups is 1. The van der Waals surface area contributed by atoms with Crippen LogP contribution in [0.1, 0.15) is 24.2 Å². The number of carboxylic acid groups (broad SMARTS) is 1. The second-order valence-corrected chi connectivity index (χ2v) is 4.21. The molecule has 4 nitrogen and oxygen atoms in total. The number of benzene rings is 1. The predicted octanol–water partition coefficient (Wildman–Crippen LogP) is 2.09. The van der Waals surface area contributed by atoms with Crippen molar-refractivity contribution in [2.24, 2.45) is 5.92 Å². The van der Waals surface area contributed by atoms with E-state index in [-0.39, 0.29) is 24.3 Å². The molecule has 0 bridgehead atoms. The Labute approximate surface area is 103 Å². The van der Waals surface area contributed by atoms with E-state index in [2.05, 4.69) is 5.32 Å². The molecule has 100 valence electrons. The van der Waals surface area contributed by atoms with Gasteiger partial charge in [-0.25, -0.2) is 13.6 Å². The van der Waals surface area contributed by atoms with Crippen molar-refractivity contribution in [3.63, 3.8) is 0 Å². The maximum absolute atomic E-state index is 13.6. The fraction of sp³-hybridized carbons (Fsp3) is 0.417. The second-order valence-electron chi connectivity index (χ2n) is 4.21. The van der Waals surface area contributed by atoms with Gasteiger partial charge in [0.25, 0.3) is 0 Å². The van der Waals surface area contributed by atoms with Gasteiger partial charge in [-0.15, -0.1) is 0 Å². The smallest absolute Gasteiger partial charge is 0.335 e. The normalized spacial score (nSPS) is 14.1. The summed E-state index contributed by atoms with van der Waals surface area (Å²) in [4.78, 5) is 10.6. The standard InChI is InChI=1S/C12H15F2NO3/c1-6(5-16)7(2)15-11-9(13)3-8(12(17)18)4-10(11)14/h3-4,6-7,15-16H,5H2,1-2H3,(H,17,18). The lowest BCUT2D eigenvalue weighted by Gasteiger charge is -2.21. The fourth-order valence-electron chi connectivity index (χ4n) is 1.36. The van der Waals surface area contributed by atoms with Crippen LogP contribution in [0.5, 0.6) is 0 Å². The lowest BCUT2D eigenvalue weighted by molar-refractivity contribution is 0.0696. The molecule has 0 fully saturated rings. The molecule has 0 aliphatic carbocycles. The summed E-state index contributed by atoms with van der Waals surface area (Å²) >= 11 is 0. The minimum Gasteiger partial charge on any atom is -0.478 e. The Balaban J connectivity index is 3.00. The molecule has 6 heteroatoms. The topological polar surface area (TPSA) is 69.6 Å². The first-order valence-corrected chi connectivity index (χ1v) is 5.46. The Morgan fingerprint density at radius 1 is 1.33 bits per heavy atom. The Morgan fingerprint density at radius 2 is 1.83 bits per heavy atom. The van der Waals surface area contributed by atoms with Crippen molar-refractivity contribution in [1.82, 2.24) is 0 Å². The van der Waals surface area contributed by atoms with Gasteiger partial charge in [0.15, 0.2) is 0 Å². The molecule has 1 aromatic carbocycles. The van der Waals surface area contributed by atoms with Crippen LogP contribution in [0.2, 0.25) is 0 Å². The molecule has 0 amide bonds. The van der Waals surface area contributed by atoms with E-state index < -0.39 is 23.2 Å². The van der Waals surface area contributed by atoms with E-state index in [1.54, 1.807) is 13.8 Å². The minimum absolute atomic E-state index is 0.120. The molecule has 2 atom stereocenters. The fourth-order valence-corrected chi connectivity index (χ4v) is 1.36. The van der Waals surface area contributed by atoms with Crippen molar-refractivity contribution < 1.29 is 23.8 Å². The van der Waals surface area contributed by atoms with Crippen molar-refractivity contribution in [2.45, 2.75) is 19.9 Å². The highest BCUT2D eigenvalue weighted by molar-refractivity contribution is 5.88. The number of anilines is 1. The molecule has 0 saturated carbocycles. The van der Waals surface area contributed by atoms with Crippen molar-refractivity contribution in [3.8, 4) is 0 Å². The first-order chi connectivity index (χ1) is 8.36. The third kappa shape index (κ3) is 3.16. The highest BCUT2D eigenvalue weighted by Gasteiger charge is 2.18. The van der Waals surface area contributed by atoms with Crippen molar-refractivity contribution in [3.05, 3.63) is 29.3 Å². The molecule has 18 heavy (non-hydrogen) atoms. The molecule has 3 N–H and O–H groups in total. The Bertz CT molecular complexity index is 428. The third-order valence-electron chi connectivity index (χ3n) is 2.80. The van der Waals surface area contributed by atoms with E-state index >= 15 is 0 Å². The van der Waals surface area contributed by atoms with E-state index in [1.165, 1.54) is 0 Å². The van der Waals surface area contributed by atoms with Crippen LogP contribution < -0.4 is 5.32 Å². The molecule has 1 aromatic rings. The number of carboxylic acids is 1. The number of rotatable bonds is 5. The van der Waals surface area contributed by atoms with Gasteiger partial charge in [-0.2, -0.15) is 0 Å². The second kappa shape index (κ2) is 5.77. The lowest BCUT2D eigenvalue weighted by atomic mass is 10.0. The van der Waals surface area contributed by atoms with Gasteiger partial charge >= 0.3 is 5.97 Å². The molecule has 0 aliphatic heterocycles. The number of aliphatic hydroxyl groups excluding tert-OH is 1. The summed E-state index contributed by atoms with van der Waals surface area (Å²) in [6.07, 6.45) is 0. The average molecular weight is 259 g/mol. The number of halogens is 2. The Kier molecular flexibility index (Phi) is 4.61. The van der Waals surface area contributed by atoms with E-state index in [0.29, 0.717) is 0 Å². The van der Waals surface area contributed by atoms with Crippen molar-refractivity contribution >= 4 is 11.7 Å². The van der Waals surface area contributed by atoms with Gasteiger partial charge in [0, 0.05) is 12.6 Å². The molecular formula is C12H15F2NO3. The zero-order valence-corrected chi connectivity index (χ0v) is 10.1. The van der Waals surface area contributed by atoms with E-state index in [4.69, 9.17) is 10.2 Å². The molecule has 2 unspecified atom stereocenters. The van der Waals surface area contributed by atoms with Gasteiger partial charge in [-0.1, -0.05) is 6.92 Å². The predicted molar refractivity (Wildman–Crippen MR) is 62.7 cm³/mol. The average Bonchev–Trinajstić information content (AvgIpc) is 2.31. The summed E-state index contributed by atoms with van der Waals surface area (Å²) in [6, 6.07) is 1.16. The van der Waals surface area contributed by atoms with Gasteiger partial charge in [-0.05, 0) is 25.0 Å². The number of carbonyl (C=O) groups is 1. The number of aromatic carboxylic acids is 1. The van der Waals surface area contributed by atoms with Gasteiger partial charge in [0.2, 0.25) is 0 Å². The third-order valence-corrected chi connectivity index (χ3v) is 2.80. The van der Waals surface area contributed by atoms with Crippen molar-refractivity contribution in [1.29, 1.82) is 0 Å². The summed E-state index contributed by atoms with van der Waals surface area (Å²) in [5.41, 5.74) is -0.828. The van der Waals surface area contributed by atoms with Crippen LogP contribution in [0.4, 0.5) is 14.5 Å². The van der Waals surface area contributed by atoms with Crippen LogP contribution in [0.15, 0.2) is 12.1 Å². The largest absolute Gasteiger partial charge is 0.478 e. The van der Waals surface area contributed by atoms with Crippen LogP contribution in [-0.4, -0.2) is 28.8 Å². The van der Waals surface area contributed by atoms with Gasteiger partial charge < -0.3 is 15.5 Å². The summed E-state index contributed by atoms with van der Waals surface area (Å²) in [7, 11) is 0. The number of hydrogen-bond donors (Lipinski definition) is 3. The maximum Gasteiger partial charge on any atom is 0.335 e. The summed E-state index contributed by atoms with van der Waals surface area (Å²) in [5, 5.41) is 20.2. The zero-order chi connectivity index (χ0) is 13.9. The van der Waals surface area contributed by atoms with E-state index in [0.717, 1.165) is 12.1 Å². The SMILES string of the molecule is CC(CO)C(C)Nc1c(F)cc(C(=O)O)cc1F. The minimum atomic E-state index is -1.39. The van der Waals surface area contributed by atoms with Crippen LogP contribution in [0.3, 0.4) is 0 Å². The van der Waals surface area contributed by atoms with E-state index in [9.17, 15) is 13.6 Å². The highest BCUT2D eigenvalue weighted by Crippen LogP contribution is 2.23. The van der Waals surface area contributed by atoms with Crippen LogP contribution in [-0.2, 0) is 0 Å². The molecule has 0 heterocycles.